The molecule has 0 bridgehead atoms. The summed E-state index contributed by atoms with van der Waals surface area (Å²) in [7, 11) is 0. The minimum Gasteiger partial charge on any atom is -0.452 e. The third-order valence-corrected chi connectivity index (χ3v) is 3.67. The SMILES string of the molecule is CC(=O)Oc1ccc2c(c1C)O/C(=C\c1ccc(C)cc1)C2=O. The van der Waals surface area contributed by atoms with E-state index in [9.17, 15) is 9.59 Å². The van der Waals surface area contributed by atoms with Gasteiger partial charge >= 0.3 is 5.97 Å². The number of ether oxygens (including phenoxy) is 2. The molecule has 1 aliphatic rings. The fourth-order valence-corrected chi connectivity index (χ4v) is 2.45. The van der Waals surface area contributed by atoms with Crippen molar-refractivity contribution in [1.29, 1.82) is 0 Å². The topological polar surface area (TPSA) is 52.6 Å². The zero-order valence-electron chi connectivity index (χ0n) is 13.2. The molecular formula is C19H16O4. The summed E-state index contributed by atoms with van der Waals surface area (Å²) >= 11 is 0. The van der Waals surface area contributed by atoms with Crippen molar-refractivity contribution in [2.75, 3.05) is 0 Å². The van der Waals surface area contributed by atoms with Crippen LogP contribution in [0.1, 0.15) is 34.0 Å². The Balaban J connectivity index is 1.97. The van der Waals surface area contributed by atoms with Crippen molar-refractivity contribution in [2.45, 2.75) is 20.8 Å². The van der Waals surface area contributed by atoms with Crippen molar-refractivity contribution < 1.29 is 19.1 Å². The van der Waals surface area contributed by atoms with Crippen LogP contribution in [0.4, 0.5) is 0 Å². The molecule has 0 spiro atoms. The molecule has 1 aliphatic heterocycles. The first-order valence-corrected chi connectivity index (χ1v) is 7.28. The number of fused-ring (bicyclic) bond motifs is 1. The molecule has 3 rings (SSSR count). The van der Waals surface area contributed by atoms with Gasteiger partial charge in [0.1, 0.15) is 11.5 Å². The van der Waals surface area contributed by atoms with Crippen LogP contribution in [0.5, 0.6) is 11.5 Å². The molecule has 0 radical (unpaired) electrons. The Hall–Kier alpha value is -2.88. The van der Waals surface area contributed by atoms with E-state index in [0.717, 1.165) is 11.1 Å². The average Bonchev–Trinajstić information content (AvgIpc) is 2.82. The zero-order chi connectivity index (χ0) is 16.6. The highest BCUT2D eigenvalue weighted by atomic mass is 16.5. The van der Waals surface area contributed by atoms with E-state index in [0.29, 0.717) is 22.6 Å². The second-order valence-corrected chi connectivity index (χ2v) is 5.51. The van der Waals surface area contributed by atoms with Crippen LogP contribution in [0.3, 0.4) is 0 Å². The molecule has 1 heterocycles. The monoisotopic (exact) mass is 308 g/mol. The lowest BCUT2D eigenvalue weighted by Gasteiger charge is -2.08. The Morgan fingerprint density at radius 3 is 2.43 bits per heavy atom. The highest BCUT2D eigenvalue weighted by molar-refractivity contribution is 6.15. The molecule has 0 amide bonds. The quantitative estimate of drug-likeness (QED) is 0.480. The van der Waals surface area contributed by atoms with E-state index in [4.69, 9.17) is 9.47 Å². The number of carbonyl (C=O) groups is 2. The molecular weight excluding hydrogens is 292 g/mol. The lowest BCUT2D eigenvalue weighted by atomic mass is 10.1. The predicted molar refractivity (Wildman–Crippen MR) is 86.6 cm³/mol. The van der Waals surface area contributed by atoms with Gasteiger partial charge in [-0.3, -0.25) is 9.59 Å². The van der Waals surface area contributed by atoms with Gasteiger partial charge in [0.15, 0.2) is 5.76 Å². The molecule has 0 fully saturated rings. The number of carbonyl (C=O) groups excluding carboxylic acids is 2. The number of allylic oxidation sites excluding steroid dienone is 1. The molecule has 2 aromatic rings. The van der Waals surface area contributed by atoms with Crippen LogP contribution in [0.15, 0.2) is 42.2 Å². The van der Waals surface area contributed by atoms with Crippen LogP contribution < -0.4 is 9.47 Å². The second-order valence-electron chi connectivity index (χ2n) is 5.51. The number of rotatable bonds is 2. The molecule has 0 atom stereocenters. The largest absolute Gasteiger partial charge is 0.452 e. The molecule has 116 valence electrons. The van der Waals surface area contributed by atoms with Gasteiger partial charge < -0.3 is 9.47 Å². The van der Waals surface area contributed by atoms with Gasteiger partial charge in [-0.05, 0) is 37.6 Å². The third kappa shape index (κ3) is 2.88. The van der Waals surface area contributed by atoms with Crippen molar-refractivity contribution >= 4 is 17.8 Å². The maximum Gasteiger partial charge on any atom is 0.308 e. The minimum absolute atomic E-state index is 0.168. The zero-order valence-corrected chi connectivity index (χ0v) is 13.2. The molecule has 0 aromatic heterocycles. The number of benzene rings is 2. The van der Waals surface area contributed by atoms with Gasteiger partial charge in [0.2, 0.25) is 5.78 Å². The van der Waals surface area contributed by atoms with E-state index >= 15 is 0 Å². The highest BCUT2D eigenvalue weighted by Crippen LogP contribution is 2.39. The average molecular weight is 308 g/mol. The summed E-state index contributed by atoms with van der Waals surface area (Å²) in [6.07, 6.45) is 1.71. The predicted octanol–water partition coefficient (Wildman–Crippen LogP) is 3.84. The van der Waals surface area contributed by atoms with Gasteiger partial charge in [-0.2, -0.15) is 0 Å². The minimum atomic E-state index is -0.409. The summed E-state index contributed by atoms with van der Waals surface area (Å²) in [4.78, 5) is 23.6. The Kier molecular flexibility index (Phi) is 3.74. The van der Waals surface area contributed by atoms with Crippen molar-refractivity contribution in [3.8, 4) is 11.5 Å². The Morgan fingerprint density at radius 1 is 1.09 bits per heavy atom. The maximum atomic E-state index is 12.5. The van der Waals surface area contributed by atoms with Crippen LogP contribution in [-0.4, -0.2) is 11.8 Å². The number of hydrogen-bond acceptors (Lipinski definition) is 4. The summed E-state index contributed by atoms with van der Waals surface area (Å²) < 4.78 is 10.8. The second kappa shape index (κ2) is 5.72. The van der Waals surface area contributed by atoms with Crippen molar-refractivity contribution in [2.24, 2.45) is 0 Å². The molecule has 4 heteroatoms. The Morgan fingerprint density at radius 2 is 1.78 bits per heavy atom. The molecule has 0 aliphatic carbocycles. The van der Waals surface area contributed by atoms with E-state index < -0.39 is 5.97 Å². The lowest BCUT2D eigenvalue weighted by Crippen LogP contribution is -2.03. The molecule has 4 nitrogen and oxygen atoms in total. The van der Waals surface area contributed by atoms with Gasteiger partial charge in [0.05, 0.1) is 5.56 Å². The summed E-state index contributed by atoms with van der Waals surface area (Å²) in [6.45, 7) is 5.10. The lowest BCUT2D eigenvalue weighted by molar-refractivity contribution is -0.131. The molecule has 0 saturated heterocycles. The number of esters is 1. The highest BCUT2D eigenvalue weighted by Gasteiger charge is 2.30. The number of aryl methyl sites for hydroxylation is 1. The van der Waals surface area contributed by atoms with Crippen LogP contribution in [-0.2, 0) is 4.79 Å². The normalized spacial score (nSPS) is 14.6. The van der Waals surface area contributed by atoms with Gasteiger partial charge in [-0.15, -0.1) is 0 Å². The maximum absolute atomic E-state index is 12.5. The summed E-state index contributed by atoms with van der Waals surface area (Å²) in [5, 5.41) is 0. The Labute approximate surface area is 134 Å². The molecule has 23 heavy (non-hydrogen) atoms. The fourth-order valence-electron chi connectivity index (χ4n) is 2.45. The molecule has 2 aromatic carbocycles. The number of ketones is 1. The van der Waals surface area contributed by atoms with Gasteiger partial charge in [0.25, 0.3) is 0 Å². The number of hydrogen-bond donors (Lipinski definition) is 0. The van der Waals surface area contributed by atoms with Crippen LogP contribution in [0, 0.1) is 13.8 Å². The first-order valence-electron chi connectivity index (χ1n) is 7.28. The van der Waals surface area contributed by atoms with E-state index in [1.165, 1.54) is 6.92 Å². The van der Waals surface area contributed by atoms with Crippen molar-refractivity contribution in [3.63, 3.8) is 0 Å². The van der Waals surface area contributed by atoms with Crippen LogP contribution in [0.25, 0.3) is 6.08 Å². The number of Topliss-reactive ketones (excluding diaryl/α,β-unsaturated/α-hetero) is 1. The summed E-state index contributed by atoms with van der Waals surface area (Å²) in [5.74, 6) is 0.547. The van der Waals surface area contributed by atoms with E-state index in [1.807, 2.05) is 31.2 Å². The first kappa shape index (κ1) is 15.0. The van der Waals surface area contributed by atoms with Crippen molar-refractivity contribution in [1.82, 2.24) is 0 Å². The van der Waals surface area contributed by atoms with Gasteiger partial charge in [0, 0.05) is 12.5 Å². The summed E-state index contributed by atoms with van der Waals surface area (Å²) in [6, 6.07) is 11.1. The van der Waals surface area contributed by atoms with Crippen molar-refractivity contribution in [3.05, 3.63) is 64.4 Å². The first-order chi connectivity index (χ1) is 11.0. The van der Waals surface area contributed by atoms with Gasteiger partial charge in [-0.25, -0.2) is 0 Å². The van der Waals surface area contributed by atoms with E-state index in [2.05, 4.69) is 0 Å². The standard InChI is InChI=1S/C19H16O4/c1-11-4-6-14(7-5-11)10-17-18(21)15-8-9-16(22-13(3)20)12(2)19(15)23-17/h4-10H,1-3H3/b17-10-. The van der Waals surface area contributed by atoms with E-state index in [-0.39, 0.29) is 11.5 Å². The van der Waals surface area contributed by atoms with E-state index in [1.54, 1.807) is 25.1 Å². The fraction of sp³-hybridized carbons (Fsp3) is 0.158. The molecule has 0 unspecified atom stereocenters. The third-order valence-electron chi connectivity index (χ3n) is 3.67. The smallest absolute Gasteiger partial charge is 0.308 e. The molecule has 0 N–H and O–H groups in total. The Bertz CT molecular complexity index is 829. The molecule has 0 saturated carbocycles. The summed E-state index contributed by atoms with van der Waals surface area (Å²) in [5.41, 5.74) is 3.16. The van der Waals surface area contributed by atoms with Crippen LogP contribution >= 0.6 is 0 Å². The van der Waals surface area contributed by atoms with Crippen LogP contribution in [0.2, 0.25) is 0 Å². The van der Waals surface area contributed by atoms with Gasteiger partial charge in [-0.1, -0.05) is 29.8 Å².